The van der Waals surface area contributed by atoms with E-state index in [1.165, 1.54) is 17.7 Å². The summed E-state index contributed by atoms with van der Waals surface area (Å²) in [6, 6.07) is 15.7. The third kappa shape index (κ3) is 2.38. The van der Waals surface area contributed by atoms with E-state index in [4.69, 9.17) is 0 Å². The van der Waals surface area contributed by atoms with Crippen LogP contribution >= 0.6 is 0 Å². The number of nitrogens with zero attached hydrogens (tertiary/aromatic N) is 3. The Morgan fingerprint density at radius 3 is 2.67 bits per heavy atom. The van der Waals surface area contributed by atoms with E-state index < -0.39 is 0 Å². The highest BCUT2D eigenvalue weighted by molar-refractivity contribution is 6.06. The van der Waals surface area contributed by atoms with Crippen molar-refractivity contribution in [3.8, 4) is 5.69 Å². The first-order valence-electron chi connectivity index (χ1n) is 7.86. The Hall–Kier alpha value is -2.95. The smallest absolute Gasteiger partial charge is 0.279 e. The second-order valence-corrected chi connectivity index (χ2v) is 5.98. The molecule has 0 radical (unpaired) electrons. The topological polar surface area (TPSA) is 38.1 Å². The van der Waals surface area contributed by atoms with E-state index in [2.05, 4.69) is 11.2 Å². The second-order valence-electron chi connectivity index (χ2n) is 5.98. The highest BCUT2D eigenvalue weighted by Crippen LogP contribution is 2.32. The molecule has 5 heteroatoms. The van der Waals surface area contributed by atoms with Crippen molar-refractivity contribution in [2.75, 3.05) is 4.90 Å². The average Bonchev–Trinajstić information content (AvgIpc) is 3.19. The van der Waals surface area contributed by atoms with Crippen LogP contribution in [0.5, 0.6) is 0 Å². The maximum absolute atomic E-state index is 13.0. The molecule has 1 aliphatic rings. The molecule has 120 valence electrons. The second kappa shape index (κ2) is 5.60. The molecular formula is C19H16FN3O. The number of carbonyl (C=O) groups excluding carboxylic acids is 1. The fourth-order valence-electron chi connectivity index (χ4n) is 3.17. The van der Waals surface area contributed by atoms with Gasteiger partial charge in [0.05, 0.1) is 5.69 Å². The predicted molar refractivity (Wildman–Crippen MR) is 89.9 cm³/mol. The zero-order valence-electron chi connectivity index (χ0n) is 13.2. The van der Waals surface area contributed by atoms with Gasteiger partial charge in [0.25, 0.3) is 5.91 Å². The number of anilines is 1. The molecule has 0 bridgehead atoms. The van der Waals surface area contributed by atoms with Crippen LogP contribution in [0, 0.1) is 5.82 Å². The molecule has 1 aliphatic heterocycles. The monoisotopic (exact) mass is 321 g/mol. The molecule has 24 heavy (non-hydrogen) atoms. The lowest BCUT2D eigenvalue weighted by atomic mass is 10.1. The summed E-state index contributed by atoms with van der Waals surface area (Å²) in [5.41, 5.74) is 3.22. The summed E-state index contributed by atoms with van der Waals surface area (Å²) in [4.78, 5) is 14.7. The van der Waals surface area contributed by atoms with Crippen LogP contribution in [0.1, 0.15) is 23.0 Å². The van der Waals surface area contributed by atoms with Gasteiger partial charge in [-0.2, -0.15) is 5.10 Å². The van der Waals surface area contributed by atoms with E-state index in [0.29, 0.717) is 11.4 Å². The Morgan fingerprint density at radius 1 is 1.12 bits per heavy atom. The molecular weight excluding hydrogens is 305 g/mol. The van der Waals surface area contributed by atoms with E-state index in [1.54, 1.807) is 34.0 Å². The van der Waals surface area contributed by atoms with Gasteiger partial charge < -0.3 is 4.90 Å². The zero-order valence-corrected chi connectivity index (χ0v) is 13.2. The maximum atomic E-state index is 13.0. The number of carbonyl (C=O) groups is 1. The molecule has 0 saturated heterocycles. The molecule has 4 nitrogen and oxygen atoms in total. The fourth-order valence-corrected chi connectivity index (χ4v) is 3.17. The molecule has 1 aromatic heterocycles. The molecule has 0 saturated carbocycles. The lowest BCUT2D eigenvalue weighted by molar-refractivity contribution is 0.0976. The quantitative estimate of drug-likeness (QED) is 0.723. The SMILES string of the molecule is C[C@H]1Cc2ccccc2N1C(=O)c1ccn(-c2ccc(F)cc2)n1. The van der Waals surface area contributed by atoms with E-state index in [1.807, 2.05) is 25.1 Å². The van der Waals surface area contributed by atoms with Gasteiger partial charge in [-0.15, -0.1) is 0 Å². The van der Waals surface area contributed by atoms with Gasteiger partial charge in [0.2, 0.25) is 0 Å². The van der Waals surface area contributed by atoms with Crippen LogP contribution in [-0.2, 0) is 6.42 Å². The largest absolute Gasteiger partial charge is 0.304 e. The number of benzene rings is 2. The van der Waals surface area contributed by atoms with Crippen molar-refractivity contribution in [3.63, 3.8) is 0 Å². The number of amides is 1. The Morgan fingerprint density at radius 2 is 1.88 bits per heavy atom. The van der Waals surface area contributed by atoms with Crippen LogP contribution in [0.4, 0.5) is 10.1 Å². The van der Waals surface area contributed by atoms with E-state index in [9.17, 15) is 9.18 Å². The number of aromatic nitrogens is 2. The fraction of sp³-hybridized carbons (Fsp3) is 0.158. The summed E-state index contributed by atoms with van der Waals surface area (Å²) < 4.78 is 14.6. The minimum atomic E-state index is -0.301. The number of halogens is 1. The van der Waals surface area contributed by atoms with Crippen molar-refractivity contribution in [2.24, 2.45) is 0 Å². The highest BCUT2D eigenvalue weighted by Gasteiger charge is 2.32. The Bertz CT molecular complexity index is 901. The first kappa shape index (κ1) is 14.6. The van der Waals surface area contributed by atoms with Crippen LogP contribution in [0.2, 0.25) is 0 Å². The van der Waals surface area contributed by atoms with Gasteiger partial charge in [-0.1, -0.05) is 18.2 Å². The van der Waals surface area contributed by atoms with Gasteiger partial charge in [-0.05, 0) is 55.3 Å². The van der Waals surface area contributed by atoms with Crippen LogP contribution in [0.3, 0.4) is 0 Å². The van der Waals surface area contributed by atoms with Crippen LogP contribution in [0.15, 0.2) is 60.8 Å². The first-order valence-corrected chi connectivity index (χ1v) is 7.86. The summed E-state index contributed by atoms with van der Waals surface area (Å²) in [6.07, 6.45) is 2.56. The average molecular weight is 321 g/mol. The van der Waals surface area contributed by atoms with Gasteiger partial charge >= 0.3 is 0 Å². The van der Waals surface area contributed by atoms with E-state index in [-0.39, 0.29) is 17.8 Å². The molecule has 0 spiro atoms. The molecule has 0 fully saturated rings. The van der Waals surface area contributed by atoms with Crippen molar-refractivity contribution in [1.82, 2.24) is 9.78 Å². The molecule has 2 aromatic carbocycles. The normalized spacial score (nSPS) is 16.2. The number of rotatable bonds is 2. The third-order valence-corrected chi connectivity index (χ3v) is 4.33. The van der Waals surface area contributed by atoms with Crippen molar-refractivity contribution in [1.29, 1.82) is 0 Å². The zero-order chi connectivity index (χ0) is 16.7. The van der Waals surface area contributed by atoms with Gasteiger partial charge in [0, 0.05) is 17.9 Å². The molecule has 3 aromatic rings. The summed E-state index contributed by atoms with van der Waals surface area (Å²) in [7, 11) is 0. The van der Waals surface area contributed by atoms with Crippen LogP contribution < -0.4 is 4.90 Å². The Balaban J connectivity index is 1.65. The van der Waals surface area contributed by atoms with Crippen LogP contribution in [0.25, 0.3) is 5.69 Å². The van der Waals surface area contributed by atoms with E-state index >= 15 is 0 Å². The lowest BCUT2D eigenvalue weighted by Gasteiger charge is -2.21. The number of para-hydroxylation sites is 1. The first-order chi connectivity index (χ1) is 11.6. The van der Waals surface area contributed by atoms with Crippen LogP contribution in [-0.4, -0.2) is 21.7 Å². The van der Waals surface area contributed by atoms with Crippen molar-refractivity contribution >= 4 is 11.6 Å². The van der Waals surface area contributed by atoms with Gasteiger partial charge in [-0.3, -0.25) is 4.79 Å². The molecule has 4 rings (SSSR count). The summed E-state index contributed by atoms with van der Waals surface area (Å²) in [5.74, 6) is -0.419. The minimum absolute atomic E-state index is 0.103. The Kier molecular flexibility index (Phi) is 3.41. The number of fused-ring (bicyclic) bond motifs is 1. The van der Waals surface area contributed by atoms with Gasteiger partial charge in [-0.25, -0.2) is 9.07 Å². The molecule has 2 heterocycles. The van der Waals surface area contributed by atoms with E-state index in [0.717, 1.165) is 12.1 Å². The van der Waals surface area contributed by atoms with Crippen molar-refractivity contribution < 1.29 is 9.18 Å². The minimum Gasteiger partial charge on any atom is -0.304 e. The molecule has 1 amide bonds. The molecule has 1 atom stereocenters. The summed E-state index contributed by atoms with van der Waals surface area (Å²) in [5, 5.41) is 4.37. The number of hydrogen-bond acceptors (Lipinski definition) is 2. The maximum Gasteiger partial charge on any atom is 0.279 e. The van der Waals surface area contributed by atoms with Gasteiger partial charge in [0.1, 0.15) is 5.82 Å². The Labute approximate surface area is 139 Å². The predicted octanol–water partition coefficient (Wildman–Crippen LogP) is 3.60. The van der Waals surface area contributed by atoms with Crippen molar-refractivity contribution in [3.05, 3.63) is 77.9 Å². The molecule has 0 aliphatic carbocycles. The van der Waals surface area contributed by atoms with Crippen molar-refractivity contribution in [2.45, 2.75) is 19.4 Å². The summed E-state index contributed by atoms with van der Waals surface area (Å²) >= 11 is 0. The number of hydrogen-bond donors (Lipinski definition) is 0. The third-order valence-electron chi connectivity index (χ3n) is 4.33. The molecule has 0 unspecified atom stereocenters. The molecule has 0 N–H and O–H groups in total. The standard InChI is InChI=1S/C19H16FN3O/c1-13-12-14-4-2-3-5-18(14)23(13)19(24)17-10-11-22(21-17)16-8-6-15(20)7-9-16/h2-11,13H,12H2,1H3/t13-/m0/s1. The highest BCUT2D eigenvalue weighted by atomic mass is 19.1. The lowest BCUT2D eigenvalue weighted by Crippen LogP contribution is -2.36. The van der Waals surface area contributed by atoms with Gasteiger partial charge in [0.15, 0.2) is 5.69 Å². The summed E-state index contributed by atoms with van der Waals surface area (Å²) in [6.45, 7) is 2.04.